The van der Waals surface area contributed by atoms with Gasteiger partial charge in [-0.15, -0.1) is 0 Å². The van der Waals surface area contributed by atoms with Crippen molar-refractivity contribution in [1.29, 1.82) is 0 Å². The van der Waals surface area contributed by atoms with E-state index in [2.05, 4.69) is 0 Å². The van der Waals surface area contributed by atoms with Crippen molar-refractivity contribution in [2.24, 2.45) is 0 Å². The van der Waals surface area contributed by atoms with Crippen LogP contribution in [0.5, 0.6) is 5.75 Å². The highest BCUT2D eigenvalue weighted by Crippen LogP contribution is 2.33. The molecular weight excluding hydrogens is 346 g/mol. The number of hydrogen-bond donors (Lipinski definition) is 0. The van der Waals surface area contributed by atoms with Crippen LogP contribution in [0.25, 0.3) is 0 Å². The quantitative estimate of drug-likeness (QED) is 0.353. The van der Waals surface area contributed by atoms with Crippen LogP contribution >= 0.6 is 11.6 Å². The summed E-state index contributed by atoms with van der Waals surface area (Å²) in [6, 6.07) is 6.91. The zero-order valence-corrected chi connectivity index (χ0v) is 14.1. The van der Waals surface area contributed by atoms with E-state index in [0.717, 1.165) is 30.0 Å². The fourth-order valence-electron chi connectivity index (χ4n) is 2.93. The molecule has 1 aliphatic rings. The molecule has 128 valence electrons. The molecule has 0 radical (unpaired) electrons. The van der Waals surface area contributed by atoms with E-state index in [1.807, 2.05) is 6.92 Å². The summed E-state index contributed by atoms with van der Waals surface area (Å²) in [5.41, 5.74) is 2.11. The van der Waals surface area contributed by atoms with Crippen LogP contribution in [-0.4, -0.2) is 16.7 Å². The maximum atomic E-state index is 12.4. The minimum absolute atomic E-state index is 0.00449. The first-order valence-electron chi connectivity index (χ1n) is 7.70. The number of carbonyl (C=O) groups excluding carboxylic acids is 2. The predicted molar refractivity (Wildman–Crippen MR) is 91.5 cm³/mol. The van der Waals surface area contributed by atoms with Crippen LogP contribution in [0.4, 0.5) is 5.69 Å². The molecule has 0 amide bonds. The minimum atomic E-state index is -0.760. The molecule has 0 bridgehead atoms. The Labute approximate surface area is 148 Å². The van der Waals surface area contributed by atoms with Crippen molar-refractivity contribution in [3.63, 3.8) is 0 Å². The third-order valence-electron chi connectivity index (χ3n) is 4.20. The highest BCUT2D eigenvalue weighted by molar-refractivity contribution is 6.33. The van der Waals surface area contributed by atoms with E-state index in [0.29, 0.717) is 12.0 Å². The van der Waals surface area contributed by atoms with Gasteiger partial charge in [0.15, 0.2) is 5.78 Å². The topological polar surface area (TPSA) is 86.5 Å². The third-order valence-corrected chi connectivity index (χ3v) is 4.52. The Bertz CT molecular complexity index is 907. The Morgan fingerprint density at radius 1 is 1.24 bits per heavy atom. The van der Waals surface area contributed by atoms with Gasteiger partial charge in [-0.25, -0.2) is 4.79 Å². The van der Waals surface area contributed by atoms with E-state index in [9.17, 15) is 19.7 Å². The highest BCUT2D eigenvalue weighted by Gasteiger charge is 2.25. The number of rotatable bonds is 3. The molecule has 0 N–H and O–H groups in total. The molecule has 0 saturated carbocycles. The van der Waals surface area contributed by atoms with E-state index in [1.165, 1.54) is 12.1 Å². The monoisotopic (exact) mass is 359 g/mol. The number of Topliss-reactive ketones (excluding diaryl/α,β-unsaturated/α-hetero) is 1. The number of carbonyl (C=O) groups is 2. The van der Waals surface area contributed by atoms with E-state index < -0.39 is 10.9 Å². The van der Waals surface area contributed by atoms with E-state index in [4.69, 9.17) is 16.3 Å². The summed E-state index contributed by atoms with van der Waals surface area (Å²) in [6.07, 6.45) is 1.95. The summed E-state index contributed by atoms with van der Waals surface area (Å²) in [4.78, 5) is 34.8. The lowest BCUT2D eigenvalue weighted by Gasteiger charge is -2.20. The number of nitro benzene ring substituents is 1. The van der Waals surface area contributed by atoms with Gasteiger partial charge in [-0.3, -0.25) is 14.9 Å². The van der Waals surface area contributed by atoms with Crippen LogP contribution in [0, 0.1) is 17.0 Å². The number of ether oxygens (including phenoxy) is 1. The van der Waals surface area contributed by atoms with Gasteiger partial charge in [-0.2, -0.15) is 0 Å². The molecule has 0 fully saturated rings. The lowest BCUT2D eigenvalue weighted by atomic mass is 9.87. The van der Waals surface area contributed by atoms with Gasteiger partial charge in [0.1, 0.15) is 5.75 Å². The summed E-state index contributed by atoms with van der Waals surface area (Å²) in [5, 5.41) is 10.7. The second kappa shape index (κ2) is 6.64. The molecule has 3 rings (SSSR count). The minimum Gasteiger partial charge on any atom is -0.422 e. The van der Waals surface area contributed by atoms with Gasteiger partial charge in [0, 0.05) is 18.6 Å². The highest BCUT2D eigenvalue weighted by atomic mass is 35.5. The van der Waals surface area contributed by atoms with Crippen molar-refractivity contribution >= 4 is 29.0 Å². The molecule has 2 aromatic rings. The van der Waals surface area contributed by atoms with Gasteiger partial charge in [0.25, 0.3) is 5.69 Å². The molecule has 7 heteroatoms. The molecule has 25 heavy (non-hydrogen) atoms. The van der Waals surface area contributed by atoms with Crippen LogP contribution in [0.2, 0.25) is 5.02 Å². The van der Waals surface area contributed by atoms with Gasteiger partial charge in [-0.05, 0) is 43.0 Å². The smallest absolute Gasteiger partial charge is 0.345 e. The van der Waals surface area contributed by atoms with E-state index >= 15 is 0 Å². The predicted octanol–water partition coefficient (Wildman–Crippen LogP) is 4.29. The van der Waals surface area contributed by atoms with Gasteiger partial charge < -0.3 is 4.74 Å². The van der Waals surface area contributed by atoms with Crippen LogP contribution in [0.15, 0.2) is 30.3 Å². The van der Waals surface area contributed by atoms with Crippen molar-refractivity contribution in [2.45, 2.75) is 26.2 Å². The normalized spacial score (nSPS) is 13.3. The second-order valence-corrected chi connectivity index (χ2v) is 6.23. The summed E-state index contributed by atoms with van der Waals surface area (Å²) in [7, 11) is 0. The Kier molecular flexibility index (Phi) is 4.55. The van der Waals surface area contributed by atoms with Crippen LogP contribution < -0.4 is 4.74 Å². The zero-order chi connectivity index (χ0) is 18.1. The first kappa shape index (κ1) is 17.1. The number of hydrogen-bond acceptors (Lipinski definition) is 5. The lowest BCUT2D eigenvalue weighted by molar-refractivity contribution is -0.384. The molecule has 0 aromatic heterocycles. The summed E-state index contributed by atoms with van der Waals surface area (Å²) in [5.74, 6) is -0.614. The van der Waals surface area contributed by atoms with Crippen molar-refractivity contribution in [3.05, 3.63) is 67.7 Å². The van der Waals surface area contributed by atoms with E-state index in [-0.39, 0.29) is 27.8 Å². The van der Waals surface area contributed by atoms with Gasteiger partial charge in [0.05, 0.1) is 21.1 Å². The third kappa shape index (κ3) is 3.25. The number of halogens is 1. The van der Waals surface area contributed by atoms with Crippen LogP contribution in [-0.2, 0) is 6.42 Å². The van der Waals surface area contributed by atoms with Crippen molar-refractivity contribution in [3.8, 4) is 5.75 Å². The molecule has 0 spiro atoms. The first-order chi connectivity index (χ1) is 11.9. The Morgan fingerprint density at radius 2 is 2.00 bits per heavy atom. The number of nitro groups is 1. The number of ketones is 1. The van der Waals surface area contributed by atoms with Gasteiger partial charge in [0.2, 0.25) is 0 Å². The van der Waals surface area contributed by atoms with Crippen LogP contribution in [0.3, 0.4) is 0 Å². The SMILES string of the molecule is Cc1ccc(OC(=O)c2ccc([N+](=O)[O-])cc2Cl)c2c1CCCC2=O. The first-order valence-corrected chi connectivity index (χ1v) is 8.08. The number of esters is 1. The van der Waals surface area contributed by atoms with Crippen molar-refractivity contribution < 1.29 is 19.2 Å². The largest absolute Gasteiger partial charge is 0.422 e. The van der Waals surface area contributed by atoms with Gasteiger partial charge in [-0.1, -0.05) is 17.7 Å². The molecule has 0 heterocycles. The van der Waals surface area contributed by atoms with Crippen LogP contribution in [0.1, 0.15) is 44.7 Å². The fourth-order valence-corrected chi connectivity index (χ4v) is 3.18. The van der Waals surface area contributed by atoms with Crippen molar-refractivity contribution in [1.82, 2.24) is 0 Å². The van der Waals surface area contributed by atoms with Gasteiger partial charge >= 0.3 is 5.97 Å². The Hall–Kier alpha value is -2.73. The Balaban J connectivity index is 1.95. The summed E-state index contributed by atoms with van der Waals surface area (Å²) < 4.78 is 5.39. The molecule has 0 saturated heterocycles. The maximum Gasteiger partial charge on any atom is 0.345 e. The Morgan fingerprint density at radius 3 is 2.68 bits per heavy atom. The average Bonchev–Trinajstić information content (AvgIpc) is 2.57. The summed E-state index contributed by atoms with van der Waals surface area (Å²) in [6.45, 7) is 1.91. The number of nitrogens with zero attached hydrogens (tertiary/aromatic N) is 1. The number of aryl methyl sites for hydroxylation is 1. The summed E-state index contributed by atoms with van der Waals surface area (Å²) >= 11 is 5.96. The fraction of sp³-hybridized carbons (Fsp3) is 0.222. The van der Waals surface area contributed by atoms with Crippen molar-refractivity contribution in [2.75, 3.05) is 0 Å². The molecule has 1 aliphatic carbocycles. The maximum absolute atomic E-state index is 12.4. The number of non-ortho nitro benzene ring substituents is 1. The molecular formula is C18H14ClNO5. The lowest BCUT2D eigenvalue weighted by Crippen LogP contribution is -2.17. The molecule has 0 atom stereocenters. The molecule has 0 aliphatic heterocycles. The average molecular weight is 360 g/mol. The molecule has 6 nitrogen and oxygen atoms in total. The molecule has 0 unspecified atom stereocenters. The molecule has 2 aromatic carbocycles. The number of benzene rings is 2. The zero-order valence-electron chi connectivity index (χ0n) is 13.4. The van der Waals surface area contributed by atoms with E-state index in [1.54, 1.807) is 12.1 Å². The second-order valence-electron chi connectivity index (χ2n) is 5.82. The number of fused-ring (bicyclic) bond motifs is 1. The standard InChI is InChI=1S/C18H14ClNO5/c1-10-5-8-16(17-12(10)3-2-4-15(17)21)25-18(22)13-7-6-11(20(23)24)9-14(13)19/h5-9H,2-4H2,1H3.